The molecule has 3 nitrogen and oxygen atoms in total. The summed E-state index contributed by atoms with van der Waals surface area (Å²) in [6.45, 7) is -0.586. The molecule has 0 aromatic rings. The van der Waals surface area contributed by atoms with Gasteiger partial charge in [0.2, 0.25) is 0 Å². The monoisotopic (exact) mass is 289 g/mol. The topological polar surface area (TPSA) is 49.3 Å². The van der Waals surface area contributed by atoms with Gasteiger partial charge in [0.05, 0.1) is 5.60 Å². The van der Waals surface area contributed by atoms with Crippen LogP contribution in [-0.4, -0.2) is 35.3 Å². The predicted molar refractivity (Wildman–Crippen MR) is 56.7 cm³/mol. The number of aliphatic hydroxyl groups is 1. The van der Waals surface area contributed by atoms with Crippen molar-refractivity contribution in [3.05, 3.63) is 0 Å². The lowest BCUT2D eigenvalue weighted by Gasteiger charge is -2.28. The van der Waals surface area contributed by atoms with Crippen LogP contribution in [0.15, 0.2) is 0 Å². The summed E-state index contributed by atoms with van der Waals surface area (Å²) in [5, 5.41) is 11.5. The van der Waals surface area contributed by atoms with Gasteiger partial charge in [0.1, 0.15) is 0 Å². The van der Waals surface area contributed by atoms with Crippen LogP contribution < -0.4 is 5.32 Å². The van der Waals surface area contributed by atoms with E-state index < -0.39 is 30.2 Å². The molecular formula is C11H16F5NO2. The van der Waals surface area contributed by atoms with Crippen LogP contribution in [0, 0.1) is 0 Å². The Bertz CT molecular complexity index is 322. The summed E-state index contributed by atoms with van der Waals surface area (Å²) in [4.78, 5) is 10.9. The summed E-state index contributed by atoms with van der Waals surface area (Å²) in [7, 11) is 0. The number of alkyl halides is 5. The van der Waals surface area contributed by atoms with Crippen LogP contribution in [-0.2, 0) is 4.79 Å². The number of hydrogen-bond acceptors (Lipinski definition) is 2. The van der Waals surface area contributed by atoms with Gasteiger partial charge in [-0.1, -0.05) is 25.7 Å². The van der Waals surface area contributed by atoms with Crippen molar-refractivity contribution in [3.63, 3.8) is 0 Å². The highest BCUT2D eigenvalue weighted by molar-refractivity contribution is 5.84. The van der Waals surface area contributed by atoms with Gasteiger partial charge in [-0.05, 0) is 12.8 Å². The Balaban J connectivity index is 2.58. The van der Waals surface area contributed by atoms with E-state index in [0.29, 0.717) is 12.8 Å². The van der Waals surface area contributed by atoms with Crippen molar-refractivity contribution in [2.75, 3.05) is 6.54 Å². The Labute approximate surface area is 107 Å². The number of halogens is 5. The summed E-state index contributed by atoms with van der Waals surface area (Å²) in [6.07, 6.45) is -2.31. The fourth-order valence-electron chi connectivity index (χ4n) is 2.05. The first-order valence-corrected chi connectivity index (χ1v) is 6.04. The predicted octanol–water partition coefficient (Wildman–Crippen LogP) is 2.39. The highest BCUT2D eigenvalue weighted by Gasteiger charge is 2.63. The SMILES string of the molecule is O=C(NCC1(O)CCCCCC1)C(F)(F)C(F)(F)F. The molecule has 1 aliphatic rings. The Hall–Kier alpha value is -0.920. The van der Waals surface area contributed by atoms with Crippen molar-refractivity contribution in [3.8, 4) is 0 Å². The quantitative estimate of drug-likeness (QED) is 0.619. The second-order valence-corrected chi connectivity index (χ2v) is 4.89. The lowest BCUT2D eigenvalue weighted by Crippen LogP contribution is -2.53. The second-order valence-electron chi connectivity index (χ2n) is 4.89. The van der Waals surface area contributed by atoms with Crippen LogP contribution in [0.1, 0.15) is 38.5 Å². The summed E-state index contributed by atoms with van der Waals surface area (Å²) in [6, 6.07) is 0. The van der Waals surface area contributed by atoms with Gasteiger partial charge in [0, 0.05) is 6.54 Å². The molecule has 8 heteroatoms. The molecule has 0 spiro atoms. The normalized spacial score (nSPS) is 20.7. The number of amides is 1. The van der Waals surface area contributed by atoms with E-state index in [0.717, 1.165) is 12.8 Å². The zero-order valence-electron chi connectivity index (χ0n) is 10.2. The number of nitrogens with one attached hydrogen (secondary N) is 1. The van der Waals surface area contributed by atoms with Gasteiger partial charge in [0.25, 0.3) is 5.91 Å². The molecule has 0 atom stereocenters. The third kappa shape index (κ3) is 4.02. The van der Waals surface area contributed by atoms with Gasteiger partial charge in [-0.2, -0.15) is 22.0 Å². The maximum Gasteiger partial charge on any atom is 0.463 e. The minimum Gasteiger partial charge on any atom is -0.388 e. The molecule has 1 amide bonds. The van der Waals surface area contributed by atoms with Crippen LogP contribution in [0.3, 0.4) is 0 Å². The average molecular weight is 289 g/mol. The smallest absolute Gasteiger partial charge is 0.388 e. The Morgan fingerprint density at radius 2 is 1.53 bits per heavy atom. The summed E-state index contributed by atoms with van der Waals surface area (Å²) in [5.74, 6) is -7.86. The molecular weight excluding hydrogens is 273 g/mol. The van der Waals surface area contributed by atoms with Crippen LogP contribution in [0.5, 0.6) is 0 Å². The molecule has 1 fully saturated rings. The van der Waals surface area contributed by atoms with Gasteiger partial charge in [-0.3, -0.25) is 4.79 Å². The van der Waals surface area contributed by atoms with Gasteiger partial charge in [-0.15, -0.1) is 0 Å². The van der Waals surface area contributed by atoms with E-state index in [1.165, 1.54) is 5.32 Å². The zero-order valence-corrected chi connectivity index (χ0v) is 10.2. The zero-order chi connectivity index (χ0) is 14.7. The van der Waals surface area contributed by atoms with Gasteiger partial charge < -0.3 is 10.4 Å². The third-order valence-corrected chi connectivity index (χ3v) is 3.25. The second kappa shape index (κ2) is 5.60. The summed E-state index contributed by atoms with van der Waals surface area (Å²) >= 11 is 0. The lowest BCUT2D eigenvalue weighted by atomic mass is 9.94. The molecule has 0 heterocycles. The lowest BCUT2D eigenvalue weighted by molar-refractivity contribution is -0.270. The maximum absolute atomic E-state index is 12.7. The van der Waals surface area contributed by atoms with Crippen LogP contribution in [0.25, 0.3) is 0 Å². The first kappa shape index (κ1) is 16.1. The van der Waals surface area contributed by atoms with Gasteiger partial charge in [0.15, 0.2) is 0 Å². The van der Waals surface area contributed by atoms with Crippen LogP contribution in [0.2, 0.25) is 0 Å². The summed E-state index contributed by atoms with van der Waals surface area (Å²) < 4.78 is 61.1. The van der Waals surface area contributed by atoms with E-state index in [-0.39, 0.29) is 12.8 Å². The van der Waals surface area contributed by atoms with Crippen LogP contribution >= 0.6 is 0 Å². The molecule has 1 saturated carbocycles. The molecule has 0 unspecified atom stereocenters. The molecule has 0 aromatic heterocycles. The first-order valence-electron chi connectivity index (χ1n) is 6.04. The Morgan fingerprint density at radius 1 is 1.05 bits per heavy atom. The number of hydrogen-bond donors (Lipinski definition) is 2. The van der Waals surface area contributed by atoms with E-state index in [9.17, 15) is 31.9 Å². The molecule has 1 rings (SSSR count). The molecule has 2 N–H and O–H groups in total. The van der Waals surface area contributed by atoms with Crippen molar-refractivity contribution < 1.29 is 31.9 Å². The van der Waals surface area contributed by atoms with E-state index in [4.69, 9.17) is 0 Å². The number of carbonyl (C=O) groups is 1. The highest BCUT2D eigenvalue weighted by Crippen LogP contribution is 2.35. The number of carbonyl (C=O) groups excluding carboxylic acids is 1. The standard InChI is InChI=1S/C11H16F5NO2/c12-10(13,11(14,15)16)8(18)17-7-9(19)5-3-1-2-4-6-9/h19H,1-7H2,(H,17,18). The van der Waals surface area contributed by atoms with Crippen LogP contribution in [0.4, 0.5) is 22.0 Å². The molecule has 0 aromatic carbocycles. The van der Waals surface area contributed by atoms with Crippen molar-refractivity contribution >= 4 is 5.91 Å². The van der Waals surface area contributed by atoms with Crippen molar-refractivity contribution in [2.45, 2.75) is 56.2 Å². The van der Waals surface area contributed by atoms with Gasteiger partial charge >= 0.3 is 12.1 Å². The Kier molecular flexibility index (Phi) is 4.76. The molecule has 0 aliphatic heterocycles. The Morgan fingerprint density at radius 3 is 1.95 bits per heavy atom. The van der Waals surface area contributed by atoms with Crippen molar-refractivity contribution in [1.29, 1.82) is 0 Å². The number of rotatable bonds is 3. The maximum atomic E-state index is 12.7. The van der Waals surface area contributed by atoms with Crippen molar-refractivity contribution in [1.82, 2.24) is 5.32 Å². The molecule has 1 aliphatic carbocycles. The minimum absolute atomic E-state index is 0.283. The molecule has 112 valence electrons. The first-order chi connectivity index (χ1) is 8.58. The minimum atomic E-state index is -5.93. The third-order valence-electron chi connectivity index (χ3n) is 3.25. The molecule has 0 radical (unpaired) electrons. The molecule has 0 saturated heterocycles. The van der Waals surface area contributed by atoms with E-state index in [2.05, 4.69) is 0 Å². The highest BCUT2D eigenvalue weighted by atomic mass is 19.4. The largest absolute Gasteiger partial charge is 0.463 e. The average Bonchev–Trinajstić information content (AvgIpc) is 2.50. The fraction of sp³-hybridized carbons (Fsp3) is 0.909. The van der Waals surface area contributed by atoms with Gasteiger partial charge in [-0.25, -0.2) is 0 Å². The molecule has 19 heavy (non-hydrogen) atoms. The molecule has 0 bridgehead atoms. The summed E-state index contributed by atoms with van der Waals surface area (Å²) in [5.41, 5.74) is -1.40. The van der Waals surface area contributed by atoms with Crippen molar-refractivity contribution in [2.24, 2.45) is 0 Å². The van der Waals surface area contributed by atoms with E-state index >= 15 is 0 Å². The van der Waals surface area contributed by atoms with E-state index in [1.54, 1.807) is 0 Å². The fourth-order valence-corrected chi connectivity index (χ4v) is 2.05. The van der Waals surface area contributed by atoms with E-state index in [1.807, 2.05) is 0 Å².